The summed E-state index contributed by atoms with van der Waals surface area (Å²) in [6.07, 6.45) is 5.18. The van der Waals surface area contributed by atoms with Crippen molar-refractivity contribution in [3.8, 4) is 12.3 Å². The van der Waals surface area contributed by atoms with Gasteiger partial charge in [-0.05, 0) is 12.3 Å². The first-order valence-electron chi connectivity index (χ1n) is 4.26. The van der Waals surface area contributed by atoms with E-state index in [1.165, 1.54) is 0 Å². The van der Waals surface area contributed by atoms with Crippen molar-refractivity contribution in [2.24, 2.45) is 11.1 Å². The van der Waals surface area contributed by atoms with E-state index in [4.69, 9.17) is 16.9 Å². The summed E-state index contributed by atoms with van der Waals surface area (Å²) in [5.41, 5.74) is 5.73. The highest BCUT2D eigenvalue weighted by atomic mass is 16.5. The van der Waals surface area contributed by atoms with Gasteiger partial charge in [0.05, 0.1) is 12.1 Å². The molecule has 0 bridgehead atoms. The highest BCUT2D eigenvalue weighted by Crippen LogP contribution is 2.23. The van der Waals surface area contributed by atoms with E-state index in [9.17, 15) is 0 Å². The minimum Gasteiger partial charge on any atom is -0.375 e. The van der Waals surface area contributed by atoms with Crippen LogP contribution in [-0.4, -0.2) is 18.8 Å². The van der Waals surface area contributed by atoms with Gasteiger partial charge in [0.15, 0.2) is 0 Å². The van der Waals surface area contributed by atoms with Crippen LogP contribution in [0.4, 0.5) is 0 Å². The van der Waals surface area contributed by atoms with Gasteiger partial charge < -0.3 is 10.5 Å². The highest BCUT2D eigenvalue weighted by Gasteiger charge is 2.29. The lowest BCUT2D eigenvalue weighted by molar-refractivity contribution is -0.0168. The summed E-state index contributed by atoms with van der Waals surface area (Å²) in [4.78, 5) is 0. The first-order chi connectivity index (χ1) is 5.43. The predicted molar refractivity (Wildman–Crippen MR) is 51.7 cm³/mol. The Morgan fingerprint density at radius 2 is 2.00 bits per heavy atom. The fourth-order valence-electron chi connectivity index (χ4n) is 1.16. The Labute approximate surface area is 75.5 Å². The molecule has 0 spiro atoms. The average molecular weight is 169 g/mol. The molecule has 0 rings (SSSR count). The molecule has 0 aromatic heterocycles. The van der Waals surface area contributed by atoms with Crippen LogP contribution in [0, 0.1) is 17.8 Å². The van der Waals surface area contributed by atoms with Crippen molar-refractivity contribution in [2.45, 2.75) is 39.8 Å². The summed E-state index contributed by atoms with van der Waals surface area (Å²) in [6.45, 7) is 8.82. The molecule has 2 atom stereocenters. The molecule has 0 aromatic carbocycles. The van der Waals surface area contributed by atoms with Gasteiger partial charge in [-0.15, -0.1) is 6.42 Å². The van der Waals surface area contributed by atoms with Crippen LogP contribution in [0.5, 0.6) is 0 Å². The van der Waals surface area contributed by atoms with Gasteiger partial charge in [0.2, 0.25) is 0 Å². The molecule has 0 saturated heterocycles. The van der Waals surface area contributed by atoms with Gasteiger partial charge in [0.1, 0.15) is 0 Å². The van der Waals surface area contributed by atoms with Gasteiger partial charge in [-0.3, -0.25) is 0 Å². The number of nitrogens with two attached hydrogens (primary N) is 1. The molecule has 70 valence electrons. The van der Waals surface area contributed by atoms with Crippen LogP contribution in [0.2, 0.25) is 0 Å². The fourth-order valence-corrected chi connectivity index (χ4v) is 1.16. The van der Waals surface area contributed by atoms with Crippen molar-refractivity contribution in [3.05, 3.63) is 0 Å². The Morgan fingerprint density at radius 1 is 1.50 bits per heavy atom. The zero-order chi connectivity index (χ0) is 9.78. The van der Waals surface area contributed by atoms with Crippen molar-refractivity contribution >= 4 is 0 Å². The molecule has 2 heteroatoms. The van der Waals surface area contributed by atoms with Gasteiger partial charge in [-0.25, -0.2) is 0 Å². The summed E-state index contributed by atoms with van der Waals surface area (Å²) >= 11 is 0. The molecule has 0 amide bonds. The summed E-state index contributed by atoms with van der Waals surface area (Å²) in [5, 5.41) is 0. The Hall–Kier alpha value is -0.520. The highest BCUT2D eigenvalue weighted by molar-refractivity contribution is 5.04. The minimum absolute atomic E-state index is 0.00178. The zero-order valence-corrected chi connectivity index (χ0v) is 8.42. The van der Waals surface area contributed by atoms with E-state index in [2.05, 4.69) is 26.7 Å². The van der Waals surface area contributed by atoms with E-state index in [0.29, 0.717) is 6.61 Å². The van der Waals surface area contributed by atoms with Crippen LogP contribution in [0.1, 0.15) is 27.7 Å². The van der Waals surface area contributed by atoms with Crippen LogP contribution >= 0.6 is 0 Å². The van der Waals surface area contributed by atoms with Crippen molar-refractivity contribution in [1.82, 2.24) is 0 Å². The Morgan fingerprint density at radius 3 is 2.25 bits per heavy atom. The molecule has 2 nitrogen and oxygen atoms in total. The summed E-state index contributed by atoms with van der Waals surface area (Å²) in [5.74, 6) is 2.51. The van der Waals surface area contributed by atoms with Crippen LogP contribution in [-0.2, 0) is 4.74 Å². The monoisotopic (exact) mass is 169 g/mol. The third-order valence-electron chi connectivity index (χ3n) is 1.72. The Bertz CT molecular complexity index is 164. The number of ether oxygens (including phenoxy) is 1. The molecule has 0 saturated carbocycles. The van der Waals surface area contributed by atoms with Crippen LogP contribution < -0.4 is 5.73 Å². The van der Waals surface area contributed by atoms with E-state index in [0.717, 1.165) is 0 Å². The maximum Gasteiger partial charge on any atom is 0.0932 e. The second-order valence-electron chi connectivity index (χ2n) is 3.93. The second-order valence-corrected chi connectivity index (χ2v) is 3.93. The summed E-state index contributed by atoms with van der Waals surface area (Å²) < 4.78 is 5.49. The van der Waals surface area contributed by atoms with Crippen molar-refractivity contribution < 1.29 is 4.74 Å². The van der Waals surface area contributed by atoms with E-state index in [-0.39, 0.29) is 17.6 Å². The van der Waals surface area contributed by atoms with Crippen LogP contribution in [0.25, 0.3) is 0 Å². The number of hydrogen-bond donors (Lipinski definition) is 1. The van der Waals surface area contributed by atoms with Crippen molar-refractivity contribution in [2.75, 3.05) is 6.61 Å². The quantitative estimate of drug-likeness (QED) is 0.648. The molecule has 0 fully saturated rings. The largest absolute Gasteiger partial charge is 0.375 e. The normalized spacial score (nSPS) is 16.7. The minimum atomic E-state index is -0.315. The molecule has 0 aliphatic carbocycles. The van der Waals surface area contributed by atoms with E-state index < -0.39 is 0 Å². The zero-order valence-electron chi connectivity index (χ0n) is 8.42. The standard InChI is InChI=1S/C10H19NO/c1-6-8(11)9(12-7-2)10(3,4)5/h1,8-9H,7,11H2,2-5H3. The molecule has 12 heavy (non-hydrogen) atoms. The number of terminal acetylenes is 1. The van der Waals surface area contributed by atoms with Gasteiger partial charge in [-0.1, -0.05) is 26.7 Å². The molecule has 0 aliphatic heterocycles. The smallest absolute Gasteiger partial charge is 0.0932 e. The maximum atomic E-state index is 5.73. The van der Waals surface area contributed by atoms with Gasteiger partial charge in [0, 0.05) is 6.61 Å². The van der Waals surface area contributed by atoms with Gasteiger partial charge in [-0.2, -0.15) is 0 Å². The van der Waals surface area contributed by atoms with Crippen LogP contribution in [0.3, 0.4) is 0 Å². The van der Waals surface area contributed by atoms with E-state index >= 15 is 0 Å². The van der Waals surface area contributed by atoms with Gasteiger partial charge in [0.25, 0.3) is 0 Å². The van der Waals surface area contributed by atoms with Crippen LogP contribution in [0.15, 0.2) is 0 Å². The maximum absolute atomic E-state index is 5.73. The topological polar surface area (TPSA) is 35.2 Å². The lowest BCUT2D eigenvalue weighted by atomic mass is 9.85. The average Bonchev–Trinajstić information content (AvgIpc) is 1.96. The lowest BCUT2D eigenvalue weighted by Crippen LogP contribution is -2.44. The van der Waals surface area contributed by atoms with E-state index in [1.807, 2.05) is 6.92 Å². The fraction of sp³-hybridized carbons (Fsp3) is 0.800. The molecule has 0 aromatic rings. The van der Waals surface area contributed by atoms with Gasteiger partial charge >= 0.3 is 0 Å². The first kappa shape index (κ1) is 11.5. The SMILES string of the molecule is C#CC(N)C(OCC)C(C)(C)C. The molecular formula is C10H19NO. The predicted octanol–water partition coefficient (Wildman–Crippen LogP) is 1.40. The summed E-state index contributed by atoms with van der Waals surface area (Å²) in [7, 11) is 0. The lowest BCUT2D eigenvalue weighted by Gasteiger charge is -2.32. The number of hydrogen-bond acceptors (Lipinski definition) is 2. The molecule has 2 unspecified atom stereocenters. The third-order valence-corrected chi connectivity index (χ3v) is 1.72. The number of rotatable bonds is 3. The molecule has 2 N–H and O–H groups in total. The third kappa shape index (κ3) is 3.25. The Balaban J connectivity index is 4.35. The van der Waals surface area contributed by atoms with E-state index in [1.54, 1.807) is 0 Å². The molecule has 0 heterocycles. The van der Waals surface area contributed by atoms with Crippen molar-refractivity contribution in [3.63, 3.8) is 0 Å². The summed E-state index contributed by atoms with van der Waals surface area (Å²) in [6, 6.07) is -0.315. The molecular weight excluding hydrogens is 150 g/mol. The molecule has 0 radical (unpaired) electrons. The molecule has 0 aliphatic rings. The Kier molecular flexibility index (Phi) is 4.30. The van der Waals surface area contributed by atoms with Crippen molar-refractivity contribution in [1.29, 1.82) is 0 Å². The first-order valence-corrected chi connectivity index (χ1v) is 4.26. The second kappa shape index (κ2) is 4.49.